The van der Waals surface area contributed by atoms with Gasteiger partial charge in [-0.25, -0.2) is 15.0 Å². The average Bonchev–Trinajstić information content (AvgIpc) is 3.54. The molecular weight excluding hydrogens is 483 g/mol. The Labute approximate surface area is 212 Å². The molecule has 5 rings (SSSR count). The number of nitrogens with zero attached hydrogens (tertiary/aromatic N) is 4. The maximum absolute atomic E-state index is 13.0. The summed E-state index contributed by atoms with van der Waals surface area (Å²) in [7, 11) is 4.77. The highest BCUT2D eigenvalue weighted by Crippen LogP contribution is 2.35. The molecule has 0 amide bonds. The lowest BCUT2D eigenvalue weighted by molar-refractivity contribution is -0.140. The van der Waals surface area contributed by atoms with Crippen molar-refractivity contribution >= 4 is 5.82 Å². The Balaban J connectivity index is 1.39. The SMILES string of the molecule is COc1ccc(OC)c(-c2nc3c(c(NCc4ccc(-c5nc(C(F)(F)F)cn5C)cc4)n2)CCC3)c1. The number of aromatic nitrogens is 4. The molecule has 37 heavy (non-hydrogen) atoms. The van der Waals surface area contributed by atoms with Gasteiger partial charge in [0.05, 0.1) is 19.8 Å². The number of methoxy groups -OCH3 is 2. The van der Waals surface area contributed by atoms with Crippen LogP contribution >= 0.6 is 0 Å². The summed E-state index contributed by atoms with van der Waals surface area (Å²) in [5, 5.41) is 3.44. The monoisotopic (exact) mass is 509 g/mol. The first kappa shape index (κ1) is 24.6. The van der Waals surface area contributed by atoms with Crippen molar-refractivity contribution in [1.29, 1.82) is 0 Å². The van der Waals surface area contributed by atoms with Crippen molar-refractivity contribution in [2.24, 2.45) is 7.05 Å². The van der Waals surface area contributed by atoms with E-state index >= 15 is 0 Å². The molecule has 0 saturated heterocycles. The van der Waals surface area contributed by atoms with Gasteiger partial charge in [0, 0.05) is 36.6 Å². The van der Waals surface area contributed by atoms with Crippen LogP contribution in [0, 0.1) is 0 Å². The third kappa shape index (κ3) is 4.96. The molecule has 0 saturated carbocycles. The number of hydrogen-bond donors (Lipinski definition) is 1. The Kier molecular flexibility index (Phi) is 6.49. The molecule has 1 aliphatic carbocycles. The largest absolute Gasteiger partial charge is 0.497 e. The summed E-state index contributed by atoms with van der Waals surface area (Å²) >= 11 is 0. The van der Waals surface area contributed by atoms with Crippen molar-refractivity contribution in [2.75, 3.05) is 19.5 Å². The van der Waals surface area contributed by atoms with Crippen molar-refractivity contribution < 1.29 is 22.6 Å². The number of ether oxygens (including phenoxy) is 2. The maximum Gasteiger partial charge on any atom is 0.434 e. The van der Waals surface area contributed by atoms with Crippen LogP contribution in [0.3, 0.4) is 0 Å². The second-order valence-electron chi connectivity index (χ2n) is 8.85. The fourth-order valence-corrected chi connectivity index (χ4v) is 4.52. The Morgan fingerprint density at radius 2 is 1.76 bits per heavy atom. The van der Waals surface area contributed by atoms with E-state index in [1.165, 1.54) is 4.57 Å². The molecule has 2 aromatic heterocycles. The number of nitrogens with one attached hydrogen (secondary N) is 1. The number of halogens is 3. The van der Waals surface area contributed by atoms with Gasteiger partial charge in [-0.2, -0.15) is 13.2 Å². The molecule has 0 unspecified atom stereocenters. The van der Waals surface area contributed by atoms with Crippen LogP contribution in [0.15, 0.2) is 48.7 Å². The van der Waals surface area contributed by atoms with Gasteiger partial charge in [0.15, 0.2) is 11.5 Å². The predicted molar refractivity (Wildman–Crippen MR) is 134 cm³/mol. The highest BCUT2D eigenvalue weighted by atomic mass is 19.4. The molecular formula is C27H26F3N5O2. The van der Waals surface area contributed by atoms with Gasteiger partial charge in [0.1, 0.15) is 23.1 Å². The van der Waals surface area contributed by atoms with Gasteiger partial charge in [0.25, 0.3) is 0 Å². The third-order valence-electron chi connectivity index (χ3n) is 6.42. The molecule has 0 bridgehead atoms. The molecule has 10 heteroatoms. The number of fused-ring (bicyclic) bond motifs is 1. The van der Waals surface area contributed by atoms with E-state index in [2.05, 4.69) is 10.3 Å². The molecule has 7 nitrogen and oxygen atoms in total. The second kappa shape index (κ2) is 9.76. The van der Waals surface area contributed by atoms with Gasteiger partial charge in [-0.3, -0.25) is 0 Å². The number of hydrogen-bond acceptors (Lipinski definition) is 6. The summed E-state index contributed by atoms with van der Waals surface area (Å²) in [5.41, 5.74) is 3.53. The molecule has 0 fully saturated rings. The van der Waals surface area contributed by atoms with Crippen LogP contribution in [-0.2, 0) is 32.6 Å². The van der Waals surface area contributed by atoms with Gasteiger partial charge in [-0.15, -0.1) is 0 Å². The lowest BCUT2D eigenvalue weighted by Crippen LogP contribution is -2.08. The summed E-state index contributed by atoms with van der Waals surface area (Å²) in [6.45, 7) is 0.493. The van der Waals surface area contributed by atoms with Crippen LogP contribution in [0.1, 0.15) is 28.9 Å². The normalized spacial score (nSPS) is 12.9. The molecule has 2 heterocycles. The van der Waals surface area contributed by atoms with Gasteiger partial charge in [-0.05, 0) is 43.0 Å². The van der Waals surface area contributed by atoms with E-state index in [1.807, 2.05) is 30.3 Å². The highest BCUT2D eigenvalue weighted by molar-refractivity contribution is 5.69. The van der Waals surface area contributed by atoms with Crippen LogP contribution < -0.4 is 14.8 Å². The lowest BCUT2D eigenvalue weighted by atomic mass is 10.1. The van der Waals surface area contributed by atoms with E-state index < -0.39 is 11.9 Å². The first-order valence-electron chi connectivity index (χ1n) is 11.8. The quantitative estimate of drug-likeness (QED) is 0.346. The average molecular weight is 510 g/mol. The van der Waals surface area contributed by atoms with Crippen LogP contribution in [0.2, 0.25) is 0 Å². The fraction of sp³-hybridized carbons (Fsp3) is 0.296. The minimum atomic E-state index is -4.48. The predicted octanol–water partition coefficient (Wildman–Crippen LogP) is 5.68. The number of rotatable bonds is 7. The van der Waals surface area contributed by atoms with Crippen LogP contribution in [0.4, 0.5) is 19.0 Å². The molecule has 192 valence electrons. The zero-order valence-corrected chi connectivity index (χ0v) is 20.7. The van der Waals surface area contributed by atoms with Crippen molar-refractivity contribution in [2.45, 2.75) is 32.0 Å². The molecule has 0 spiro atoms. The number of anilines is 1. The summed E-state index contributed by atoms with van der Waals surface area (Å²) in [6, 6.07) is 12.8. The van der Waals surface area contributed by atoms with E-state index in [0.29, 0.717) is 29.4 Å². The Bertz CT molecular complexity index is 1430. The second-order valence-corrected chi connectivity index (χ2v) is 8.85. The van der Waals surface area contributed by atoms with Gasteiger partial charge in [-0.1, -0.05) is 24.3 Å². The van der Waals surface area contributed by atoms with Crippen molar-refractivity contribution in [3.8, 4) is 34.3 Å². The topological polar surface area (TPSA) is 74.1 Å². The number of alkyl halides is 3. The van der Waals surface area contributed by atoms with Crippen LogP contribution in [-0.4, -0.2) is 33.7 Å². The number of aryl methyl sites for hydroxylation is 2. The fourth-order valence-electron chi connectivity index (χ4n) is 4.52. The summed E-state index contributed by atoms with van der Waals surface area (Å²) in [6.07, 6.45) is -0.701. The zero-order chi connectivity index (χ0) is 26.2. The molecule has 0 atom stereocenters. The minimum Gasteiger partial charge on any atom is -0.497 e. The van der Waals surface area contributed by atoms with E-state index in [-0.39, 0.29) is 5.82 Å². The first-order valence-corrected chi connectivity index (χ1v) is 11.8. The highest BCUT2D eigenvalue weighted by Gasteiger charge is 2.34. The van der Waals surface area contributed by atoms with Crippen molar-refractivity contribution in [1.82, 2.24) is 19.5 Å². The van der Waals surface area contributed by atoms with E-state index in [0.717, 1.165) is 53.7 Å². The molecule has 1 N–H and O–H groups in total. The Hall–Kier alpha value is -4.08. The maximum atomic E-state index is 13.0. The molecule has 2 aromatic carbocycles. The van der Waals surface area contributed by atoms with Crippen molar-refractivity contribution in [3.63, 3.8) is 0 Å². The molecule has 4 aromatic rings. The summed E-state index contributed by atoms with van der Waals surface area (Å²) < 4.78 is 51.4. The summed E-state index contributed by atoms with van der Waals surface area (Å²) in [4.78, 5) is 13.4. The summed E-state index contributed by atoms with van der Waals surface area (Å²) in [5.74, 6) is 2.93. The Morgan fingerprint density at radius 3 is 2.43 bits per heavy atom. The van der Waals surface area contributed by atoms with Gasteiger partial charge < -0.3 is 19.4 Å². The smallest absolute Gasteiger partial charge is 0.434 e. The van der Waals surface area contributed by atoms with Crippen molar-refractivity contribution in [3.05, 3.63) is 71.2 Å². The van der Waals surface area contributed by atoms with Crippen LogP contribution in [0.5, 0.6) is 11.5 Å². The standard InChI is InChI=1S/C27H26F3N5O2/c1-35-15-23(27(28,29)30)33-26(35)17-9-7-16(8-10-17)14-31-24-19-5-4-6-21(19)32-25(34-24)20-13-18(36-2)11-12-22(20)37-3/h7-13,15H,4-6,14H2,1-3H3,(H,31,32,34). The third-order valence-corrected chi connectivity index (χ3v) is 6.42. The van der Waals surface area contributed by atoms with E-state index in [1.54, 1.807) is 33.4 Å². The van der Waals surface area contributed by atoms with Crippen LogP contribution in [0.25, 0.3) is 22.8 Å². The minimum absolute atomic E-state index is 0.261. The zero-order valence-electron chi connectivity index (χ0n) is 20.7. The van der Waals surface area contributed by atoms with E-state index in [4.69, 9.17) is 19.4 Å². The molecule has 1 aliphatic rings. The molecule has 0 aliphatic heterocycles. The molecule has 0 radical (unpaired) electrons. The Morgan fingerprint density at radius 1 is 0.973 bits per heavy atom. The van der Waals surface area contributed by atoms with Gasteiger partial charge >= 0.3 is 6.18 Å². The van der Waals surface area contributed by atoms with Gasteiger partial charge in [0.2, 0.25) is 0 Å². The first-order chi connectivity index (χ1) is 17.8. The van der Waals surface area contributed by atoms with E-state index in [9.17, 15) is 13.2 Å². The number of benzene rings is 2. The lowest BCUT2D eigenvalue weighted by Gasteiger charge is -2.15. The number of imidazole rings is 1.